The summed E-state index contributed by atoms with van der Waals surface area (Å²) in [5, 5.41) is 3.69. The van der Waals surface area contributed by atoms with Crippen LogP contribution in [-0.4, -0.2) is 12.2 Å². The van der Waals surface area contributed by atoms with Crippen LogP contribution in [0.15, 0.2) is 24.3 Å². The summed E-state index contributed by atoms with van der Waals surface area (Å²) in [6, 6.07) is 7.80. The molecule has 1 aliphatic heterocycles. The van der Waals surface area contributed by atoms with Crippen molar-refractivity contribution < 1.29 is 4.74 Å². The highest BCUT2D eigenvalue weighted by Gasteiger charge is 2.17. The second-order valence-electron chi connectivity index (χ2n) is 2.95. The molecule has 1 aromatic carbocycles. The molecule has 0 radical (unpaired) electrons. The maximum atomic E-state index is 5.07. The molecule has 1 aliphatic rings. The molecule has 1 atom stereocenters. The van der Waals surface area contributed by atoms with Crippen LogP contribution < -0.4 is 20.9 Å². The van der Waals surface area contributed by atoms with Crippen LogP contribution in [0.3, 0.4) is 0 Å². The molecule has 5 heteroatoms. The summed E-state index contributed by atoms with van der Waals surface area (Å²) in [4.78, 5) is 0. The SMILES string of the molecule is COc1ccc(C2NNC(=S)N2)cc1. The van der Waals surface area contributed by atoms with Gasteiger partial charge in [0, 0.05) is 0 Å². The van der Waals surface area contributed by atoms with E-state index < -0.39 is 0 Å². The summed E-state index contributed by atoms with van der Waals surface area (Å²) in [6.45, 7) is 0. The van der Waals surface area contributed by atoms with E-state index in [0.29, 0.717) is 5.11 Å². The van der Waals surface area contributed by atoms with Crippen LogP contribution >= 0.6 is 12.2 Å². The van der Waals surface area contributed by atoms with E-state index in [0.717, 1.165) is 11.3 Å². The molecule has 74 valence electrons. The smallest absolute Gasteiger partial charge is 0.182 e. The highest BCUT2D eigenvalue weighted by molar-refractivity contribution is 7.80. The van der Waals surface area contributed by atoms with Gasteiger partial charge in [-0.15, -0.1) is 0 Å². The minimum absolute atomic E-state index is 0.0356. The Bertz CT molecular complexity index is 338. The Morgan fingerprint density at radius 1 is 1.29 bits per heavy atom. The number of hydrogen-bond acceptors (Lipinski definition) is 3. The van der Waals surface area contributed by atoms with Crippen molar-refractivity contribution in [3.8, 4) is 5.75 Å². The second-order valence-corrected chi connectivity index (χ2v) is 3.36. The molecule has 0 saturated carbocycles. The van der Waals surface area contributed by atoms with Gasteiger partial charge in [0.2, 0.25) is 0 Å². The van der Waals surface area contributed by atoms with Crippen molar-refractivity contribution in [1.82, 2.24) is 16.2 Å². The minimum Gasteiger partial charge on any atom is -0.497 e. The van der Waals surface area contributed by atoms with Gasteiger partial charge in [-0.25, -0.2) is 5.43 Å². The monoisotopic (exact) mass is 209 g/mol. The van der Waals surface area contributed by atoms with Crippen molar-refractivity contribution in [3.05, 3.63) is 29.8 Å². The molecule has 4 nitrogen and oxygen atoms in total. The van der Waals surface area contributed by atoms with Crippen LogP contribution in [0.1, 0.15) is 11.7 Å². The van der Waals surface area contributed by atoms with Crippen molar-refractivity contribution in [2.24, 2.45) is 0 Å². The van der Waals surface area contributed by atoms with Gasteiger partial charge in [-0.3, -0.25) is 5.43 Å². The molecule has 0 spiro atoms. The lowest BCUT2D eigenvalue weighted by atomic mass is 10.2. The molecule has 1 heterocycles. The highest BCUT2D eigenvalue weighted by atomic mass is 32.1. The molecule has 0 amide bonds. The Morgan fingerprint density at radius 2 is 2.00 bits per heavy atom. The largest absolute Gasteiger partial charge is 0.497 e. The van der Waals surface area contributed by atoms with Crippen LogP contribution in [0.5, 0.6) is 5.75 Å². The zero-order valence-electron chi connectivity index (χ0n) is 7.70. The summed E-state index contributed by atoms with van der Waals surface area (Å²) >= 11 is 4.94. The van der Waals surface area contributed by atoms with E-state index in [-0.39, 0.29) is 6.17 Å². The van der Waals surface area contributed by atoms with E-state index >= 15 is 0 Å². The third kappa shape index (κ3) is 1.78. The van der Waals surface area contributed by atoms with Gasteiger partial charge in [0.05, 0.1) is 7.11 Å². The van der Waals surface area contributed by atoms with Crippen LogP contribution in [0, 0.1) is 0 Å². The van der Waals surface area contributed by atoms with Crippen LogP contribution in [0.4, 0.5) is 0 Å². The first-order chi connectivity index (χ1) is 6.79. The fourth-order valence-corrected chi connectivity index (χ4v) is 1.48. The first-order valence-corrected chi connectivity index (χ1v) is 4.66. The Kier molecular flexibility index (Phi) is 2.51. The molecule has 0 bridgehead atoms. The number of thiocarbonyl (C=S) groups is 1. The predicted molar refractivity (Wildman–Crippen MR) is 57.7 cm³/mol. The zero-order valence-corrected chi connectivity index (χ0v) is 8.52. The number of hydrazine groups is 1. The molecule has 2 rings (SSSR count). The first kappa shape index (κ1) is 9.23. The number of benzene rings is 1. The fraction of sp³-hybridized carbons (Fsp3) is 0.222. The third-order valence-corrected chi connectivity index (χ3v) is 2.27. The summed E-state index contributed by atoms with van der Waals surface area (Å²) in [5.74, 6) is 0.849. The Balaban J connectivity index is 2.13. The average Bonchev–Trinajstić information content (AvgIpc) is 2.65. The fourth-order valence-electron chi connectivity index (χ4n) is 1.30. The zero-order chi connectivity index (χ0) is 9.97. The normalized spacial score (nSPS) is 20.1. The number of methoxy groups -OCH3 is 1. The van der Waals surface area contributed by atoms with Crippen molar-refractivity contribution >= 4 is 17.3 Å². The van der Waals surface area contributed by atoms with Gasteiger partial charge in [0.15, 0.2) is 5.11 Å². The van der Waals surface area contributed by atoms with Crippen LogP contribution in [0.25, 0.3) is 0 Å². The van der Waals surface area contributed by atoms with E-state index in [1.807, 2.05) is 24.3 Å². The molecule has 1 unspecified atom stereocenters. The predicted octanol–water partition coefficient (Wildman–Crippen LogP) is 0.676. The standard InChI is InChI=1S/C9H11N3OS/c1-13-7-4-2-6(3-5-7)8-10-9(14)12-11-8/h2-5,8,11H,1H3,(H2,10,12,14). The third-order valence-electron chi connectivity index (χ3n) is 2.05. The van der Waals surface area contributed by atoms with Gasteiger partial charge in [-0.05, 0) is 29.9 Å². The Hall–Kier alpha value is -1.33. The van der Waals surface area contributed by atoms with Gasteiger partial charge >= 0.3 is 0 Å². The van der Waals surface area contributed by atoms with Crippen LogP contribution in [0.2, 0.25) is 0 Å². The molecule has 1 aromatic rings. The summed E-state index contributed by atoms with van der Waals surface area (Å²) in [6.07, 6.45) is 0.0356. The lowest BCUT2D eigenvalue weighted by Crippen LogP contribution is -2.26. The van der Waals surface area contributed by atoms with Crippen molar-refractivity contribution in [1.29, 1.82) is 0 Å². The molecule has 0 aromatic heterocycles. The maximum Gasteiger partial charge on any atom is 0.182 e. The summed E-state index contributed by atoms with van der Waals surface area (Å²) < 4.78 is 5.07. The average molecular weight is 209 g/mol. The Labute approximate surface area is 87.6 Å². The topological polar surface area (TPSA) is 45.3 Å². The van der Waals surface area contributed by atoms with E-state index in [1.54, 1.807) is 7.11 Å². The molecule has 1 saturated heterocycles. The van der Waals surface area contributed by atoms with Crippen molar-refractivity contribution in [3.63, 3.8) is 0 Å². The van der Waals surface area contributed by atoms with E-state index in [2.05, 4.69) is 16.2 Å². The Morgan fingerprint density at radius 3 is 2.50 bits per heavy atom. The van der Waals surface area contributed by atoms with E-state index in [1.165, 1.54) is 0 Å². The highest BCUT2D eigenvalue weighted by Crippen LogP contribution is 2.16. The first-order valence-electron chi connectivity index (χ1n) is 4.25. The van der Waals surface area contributed by atoms with Gasteiger partial charge in [0.25, 0.3) is 0 Å². The van der Waals surface area contributed by atoms with Crippen LogP contribution in [-0.2, 0) is 0 Å². The van der Waals surface area contributed by atoms with Gasteiger partial charge in [-0.1, -0.05) is 12.1 Å². The van der Waals surface area contributed by atoms with E-state index in [4.69, 9.17) is 17.0 Å². The van der Waals surface area contributed by atoms with Gasteiger partial charge in [-0.2, -0.15) is 0 Å². The number of ether oxygens (including phenoxy) is 1. The molecular formula is C9H11N3OS. The lowest BCUT2D eigenvalue weighted by Gasteiger charge is -2.10. The summed E-state index contributed by atoms with van der Waals surface area (Å²) in [7, 11) is 1.65. The maximum absolute atomic E-state index is 5.07. The number of hydrogen-bond donors (Lipinski definition) is 3. The summed E-state index contributed by atoms with van der Waals surface area (Å²) in [5.41, 5.74) is 6.96. The lowest BCUT2D eigenvalue weighted by molar-refractivity contribution is 0.414. The minimum atomic E-state index is 0.0356. The number of nitrogens with one attached hydrogen (secondary N) is 3. The van der Waals surface area contributed by atoms with Crippen molar-refractivity contribution in [2.45, 2.75) is 6.17 Å². The second kappa shape index (κ2) is 3.81. The van der Waals surface area contributed by atoms with Crippen molar-refractivity contribution in [2.75, 3.05) is 7.11 Å². The quantitative estimate of drug-likeness (QED) is 0.625. The molecule has 1 fully saturated rings. The van der Waals surface area contributed by atoms with E-state index in [9.17, 15) is 0 Å². The van der Waals surface area contributed by atoms with Gasteiger partial charge in [0.1, 0.15) is 11.9 Å². The van der Waals surface area contributed by atoms with Gasteiger partial charge < -0.3 is 10.1 Å². The number of rotatable bonds is 2. The molecule has 14 heavy (non-hydrogen) atoms. The molecule has 0 aliphatic carbocycles. The molecular weight excluding hydrogens is 198 g/mol. The molecule has 3 N–H and O–H groups in total.